The lowest BCUT2D eigenvalue weighted by Gasteiger charge is -2.27. The normalized spacial score (nSPS) is 21.9. The minimum absolute atomic E-state index is 0.118. The van der Waals surface area contributed by atoms with Gasteiger partial charge in [-0.05, 0) is 26.2 Å². The van der Waals surface area contributed by atoms with Gasteiger partial charge in [-0.2, -0.15) is 0 Å². The number of carbonyl (C=O) groups excluding carboxylic acids is 2. The van der Waals surface area contributed by atoms with E-state index in [1.54, 1.807) is 6.92 Å². The minimum atomic E-state index is -0.806. The summed E-state index contributed by atoms with van der Waals surface area (Å²) in [5, 5.41) is 14.3. The van der Waals surface area contributed by atoms with Crippen LogP contribution in [0.2, 0.25) is 0 Å². The molecule has 1 rings (SSSR count). The molecule has 20 heavy (non-hydrogen) atoms. The highest BCUT2D eigenvalue weighted by atomic mass is 16.5. The van der Waals surface area contributed by atoms with Crippen LogP contribution < -0.4 is 10.6 Å². The molecule has 0 aromatic carbocycles. The number of carboxylic acid groups (broad SMARTS) is 1. The molecule has 0 bridgehead atoms. The maximum Gasteiger partial charge on any atom is 0.315 e. The molecule has 1 fully saturated rings. The molecule has 1 aliphatic rings. The summed E-state index contributed by atoms with van der Waals surface area (Å²) < 4.78 is 4.74. The Labute approximate surface area is 118 Å². The highest BCUT2D eigenvalue weighted by Crippen LogP contribution is 2.24. The molecule has 0 heterocycles. The van der Waals surface area contributed by atoms with Gasteiger partial charge in [0.15, 0.2) is 0 Å². The van der Waals surface area contributed by atoms with E-state index in [1.807, 2.05) is 0 Å². The van der Waals surface area contributed by atoms with Gasteiger partial charge in [0.1, 0.15) is 0 Å². The lowest BCUT2D eigenvalue weighted by atomic mass is 9.86. The summed E-state index contributed by atoms with van der Waals surface area (Å²) in [4.78, 5) is 33.6. The third kappa shape index (κ3) is 5.90. The van der Waals surface area contributed by atoms with Crippen LogP contribution in [0.15, 0.2) is 0 Å². The van der Waals surface area contributed by atoms with E-state index in [-0.39, 0.29) is 36.9 Å². The number of urea groups is 1. The fourth-order valence-corrected chi connectivity index (χ4v) is 2.29. The topological polar surface area (TPSA) is 105 Å². The van der Waals surface area contributed by atoms with Gasteiger partial charge >= 0.3 is 18.0 Å². The summed E-state index contributed by atoms with van der Waals surface area (Å²) in [6.45, 7) is 2.25. The molecular weight excluding hydrogens is 264 g/mol. The van der Waals surface area contributed by atoms with Crippen LogP contribution in [0.3, 0.4) is 0 Å². The van der Waals surface area contributed by atoms with E-state index >= 15 is 0 Å². The maximum atomic E-state index is 11.6. The first-order chi connectivity index (χ1) is 9.52. The Kier molecular flexibility index (Phi) is 6.83. The molecular formula is C13H22N2O5. The van der Waals surface area contributed by atoms with Crippen molar-refractivity contribution in [3.8, 4) is 0 Å². The number of amides is 2. The highest BCUT2D eigenvalue weighted by molar-refractivity contribution is 5.76. The first-order valence-electron chi connectivity index (χ1n) is 6.95. The van der Waals surface area contributed by atoms with Gasteiger partial charge in [0, 0.05) is 12.6 Å². The lowest BCUT2D eigenvalue weighted by molar-refractivity contribution is -0.144. The molecule has 2 atom stereocenters. The molecule has 7 heteroatoms. The number of nitrogens with one attached hydrogen (secondary N) is 2. The number of esters is 1. The molecule has 114 valence electrons. The Hall–Kier alpha value is -1.79. The average molecular weight is 286 g/mol. The summed E-state index contributed by atoms with van der Waals surface area (Å²) in [7, 11) is 0. The van der Waals surface area contributed by atoms with Crippen molar-refractivity contribution in [2.45, 2.75) is 45.1 Å². The van der Waals surface area contributed by atoms with Crippen molar-refractivity contribution in [1.82, 2.24) is 10.6 Å². The van der Waals surface area contributed by atoms with Crippen LogP contribution in [0.5, 0.6) is 0 Å². The van der Waals surface area contributed by atoms with Crippen LogP contribution in [0.1, 0.15) is 39.0 Å². The zero-order valence-electron chi connectivity index (χ0n) is 11.7. The molecule has 1 aliphatic carbocycles. The zero-order chi connectivity index (χ0) is 15.0. The Morgan fingerprint density at radius 1 is 1.30 bits per heavy atom. The third-order valence-electron chi connectivity index (χ3n) is 3.28. The Balaban J connectivity index is 2.21. The van der Waals surface area contributed by atoms with Crippen molar-refractivity contribution in [2.75, 3.05) is 13.2 Å². The predicted molar refractivity (Wildman–Crippen MR) is 71.2 cm³/mol. The maximum absolute atomic E-state index is 11.6. The largest absolute Gasteiger partial charge is 0.481 e. The highest BCUT2D eigenvalue weighted by Gasteiger charge is 2.27. The van der Waals surface area contributed by atoms with Gasteiger partial charge in [-0.1, -0.05) is 6.42 Å². The van der Waals surface area contributed by atoms with Gasteiger partial charge in [-0.15, -0.1) is 0 Å². The Morgan fingerprint density at radius 2 is 2.05 bits per heavy atom. The number of rotatable bonds is 6. The van der Waals surface area contributed by atoms with Gasteiger partial charge in [-0.3, -0.25) is 9.59 Å². The van der Waals surface area contributed by atoms with Gasteiger partial charge in [0.25, 0.3) is 0 Å². The first kappa shape index (κ1) is 16.3. The van der Waals surface area contributed by atoms with Gasteiger partial charge in [-0.25, -0.2) is 4.79 Å². The molecule has 2 amide bonds. The van der Waals surface area contributed by atoms with Crippen LogP contribution in [-0.4, -0.2) is 42.3 Å². The van der Waals surface area contributed by atoms with E-state index in [0.717, 1.165) is 12.8 Å². The molecule has 0 aromatic rings. The Bertz CT molecular complexity index is 359. The third-order valence-corrected chi connectivity index (χ3v) is 3.28. The molecule has 1 saturated carbocycles. The standard InChI is InChI=1S/C13H22N2O5/c1-2-20-11(16)6-7-14-13(19)15-10-5-3-4-9(8-10)12(17)18/h9-10H,2-8H2,1H3,(H,17,18)(H2,14,15,19). The van der Waals surface area contributed by atoms with Crippen LogP contribution >= 0.6 is 0 Å². The number of hydrogen-bond acceptors (Lipinski definition) is 4. The van der Waals surface area contributed by atoms with Crippen molar-refractivity contribution >= 4 is 18.0 Å². The van der Waals surface area contributed by atoms with Gasteiger partial charge < -0.3 is 20.5 Å². The monoisotopic (exact) mass is 286 g/mol. The first-order valence-corrected chi connectivity index (χ1v) is 6.95. The fraction of sp³-hybridized carbons (Fsp3) is 0.769. The van der Waals surface area contributed by atoms with Crippen LogP contribution in [-0.2, 0) is 14.3 Å². The van der Waals surface area contributed by atoms with E-state index in [9.17, 15) is 14.4 Å². The van der Waals surface area contributed by atoms with Gasteiger partial charge in [0.2, 0.25) is 0 Å². The number of hydrogen-bond donors (Lipinski definition) is 3. The van der Waals surface area contributed by atoms with Crippen molar-refractivity contribution in [3.63, 3.8) is 0 Å². The number of carboxylic acids is 1. The molecule has 0 aromatic heterocycles. The van der Waals surface area contributed by atoms with Crippen molar-refractivity contribution in [3.05, 3.63) is 0 Å². The minimum Gasteiger partial charge on any atom is -0.481 e. The summed E-state index contributed by atoms with van der Waals surface area (Å²) in [5.74, 6) is -1.54. The van der Waals surface area contributed by atoms with Crippen molar-refractivity contribution in [1.29, 1.82) is 0 Å². The van der Waals surface area contributed by atoms with Crippen molar-refractivity contribution in [2.24, 2.45) is 5.92 Å². The lowest BCUT2D eigenvalue weighted by Crippen LogP contribution is -2.45. The number of carbonyl (C=O) groups is 3. The second-order valence-electron chi connectivity index (χ2n) is 4.85. The van der Waals surface area contributed by atoms with E-state index in [0.29, 0.717) is 19.4 Å². The summed E-state index contributed by atoms with van der Waals surface area (Å²) >= 11 is 0. The number of ether oxygens (including phenoxy) is 1. The van der Waals surface area contributed by atoms with Crippen molar-refractivity contribution < 1.29 is 24.2 Å². The second-order valence-corrected chi connectivity index (χ2v) is 4.85. The summed E-state index contributed by atoms with van der Waals surface area (Å²) in [6, 6.07) is -0.488. The van der Waals surface area contributed by atoms with Crippen LogP contribution in [0.25, 0.3) is 0 Å². The zero-order valence-corrected chi connectivity index (χ0v) is 11.7. The van der Waals surface area contributed by atoms with Crippen LogP contribution in [0, 0.1) is 5.92 Å². The SMILES string of the molecule is CCOC(=O)CCNC(=O)NC1CCCC(C(=O)O)C1. The van der Waals surface area contributed by atoms with E-state index in [4.69, 9.17) is 9.84 Å². The Morgan fingerprint density at radius 3 is 2.70 bits per heavy atom. The molecule has 0 radical (unpaired) electrons. The van der Waals surface area contributed by atoms with E-state index < -0.39 is 5.97 Å². The second kappa shape index (κ2) is 8.39. The fourth-order valence-electron chi connectivity index (χ4n) is 2.29. The molecule has 2 unspecified atom stereocenters. The molecule has 0 spiro atoms. The summed E-state index contributed by atoms with van der Waals surface area (Å²) in [5.41, 5.74) is 0. The van der Waals surface area contributed by atoms with Gasteiger partial charge in [0.05, 0.1) is 18.9 Å². The van der Waals surface area contributed by atoms with E-state index in [2.05, 4.69) is 10.6 Å². The molecule has 0 aliphatic heterocycles. The summed E-state index contributed by atoms with van der Waals surface area (Å²) in [6.07, 6.45) is 2.84. The molecule has 3 N–H and O–H groups in total. The molecule has 0 saturated heterocycles. The smallest absolute Gasteiger partial charge is 0.315 e. The van der Waals surface area contributed by atoms with Crippen LogP contribution in [0.4, 0.5) is 4.79 Å². The number of aliphatic carboxylic acids is 1. The average Bonchev–Trinajstić information content (AvgIpc) is 2.39. The quantitative estimate of drug-likeness (QED) is 0.629. The predicted octanol–water partition coefficient (Wildman–Crippen LogP) is 0.882. The molecule has 7 nitrogen and oxygen atoms in total. The van der Waals surface area contributed by atoms with E-state index in [1.165, 1.54) is 0 Å².